The summed E-state index contributed by atoms with van der Waals surface area (Å²) in [6, 6.07) is 6.16. The van der Waals surface area contributed by atoms with Crippen LogP contribution >= 0.6 is 0 Å². The molecule has 1 atom stereocenters. The van der Waals surface area contributed by atoms with Crippen LogP contribution in [0.15, 0.2) is 24.4 Å². The molecule has 4 N–H and O–H groups in total. The van der Waals surface area contributed by atoms with Crippen LogP contribution in [-0.2, 0) is 0 Å². The van der Waals surface area contributed by atoms with Gasteiger partial charge in [0.2, 0.25) is 0 Å². The summed E-state index contributed by atoms with van der Waals surface area (Å²) < 4.78 is 0. The predicted molar refractivity (Wildman–Crippen MR) is 66.4 cm³/mol. The van der Waals surface area contributed by atoms with E-state index in [1.807, 2.05) is 18.3 Å². The number of aliphatic hydroxyl groups is 1. The molecule has 1 unspecified atom stereocenters. The van der Waals surface area contributed by atoms with Crippen molar-refractivity contribution in [1.82, 2.24) is 4.98 Å². The summed E-state index contributed by atoms with van der Waals surface area (Å²) in [6.45, 7) is 4.57. The van der Waals surface area contributed by atoms with E-state index in [-0.39, 0.29) is 6.54 Å². The first-order chi connectivity index (χ1) is 7.65. The first kappa shape index (κ1) is 11.2. The Morgan fingerprint density at radius 3 is 2.69 bits per heavy atom. The van der Waals surface area contributed by atoms with Crippen molar-refractivity contribution in [2.45, 2.75) is 25.9 Å². The molecule has 0 aliphatic heterocycles. The third-order valence-corrected chi connectivity index (χ3v) is 2.98. The normalized spacial score (nSPS) is 13.6. The summed E-state index contributed by atoms with van der Waals surface area (Å²) in [7, 11) is 0. The van der Waals surface area contributed by atoms with Gasteiger partial charge in [0.25, 0.3) is 0 Å². The molecule has 16 heavy (non-hydrogen) atoms. The van der Waals surface area contributed by atoms with Crippen molar-refractivity contribution in [3.8, 4) is 0 Å². The maximum Gasteiger partial charge on any atom is 0.0932 e. The molecule has 0 aliphatic rings. The number of nitrogens with two attached hydrogens (primary N) is 1. The smallest absolute Gasteiger partial charge is 0.0932 e. The highest BCUT2D eigenvalue weighted by Gasteiger charge is 2.14. The SMILES string of the molecule is CC(C)c1cccc2c(C(O)CN)c[nH]c12. The van der Waals surface area contributed by atoms with Crippen LogP contribution in [0.1, 0.15) is 37.0 Å². The van der Waals surface area contributed by atoms with Gasteiger partial charge < -0.3 is 15.8 Å². The molecule has 0 aliphatic carbocycles. The Balaban J connectivity index is 2.61. The van der Waals surface area contributed by atoms with Crippen LogP contribution in [0, 0.1) is 0 Å². The predicted octanol–water partition coefficient (Wildman–Crippen LogP) is 2.28. The van der Waals surface area contributed by atoms with Crippen LogP contribution in [0.5, 0.6) is 0 Å². The zero-order valence-corrected chi connectivity index (χ0v) is 9.70. The molecule has 2 rings (SSSR count). The summed E-state index contributed by atoms with van der Waals surface area (Å²) in [5.74, 6) is 0.463. The van der Waals surface area contributed by atoms with Gasteiger partial charge in [-0.05, 0) is 11.5 Å². The van der Waals surface area contributed by atoms with Gasteiger partial charge in [0.05, 0.1) is 6.10 Å². The maximum atomic E-state index is 9.80. The number of hydrogen-bond donors (Lipinski definition) is 3. The fraction of sp³-hybridized carbons (Fsp3) is 0.385. The highest BCUT2D eigenvalue weighted by molar-refractivity contribution is 5.86. The molecule has 1 aromatic heterocycles. The van der Waals surface area contributed by atoms with Crippen molar-refractivity contribution in [2.24, 2.45) is 5.73 Å². The lowest BCUT2D eigenvalue weighted by Crippen LogP contribution is -2.10. The Bertz CT molecular complexity index is 488. The number of fused-ring (bicyclic) bond motifs is 1. The fourth-order valence-corrected chi connectivity index (χ4v) is 2.08. The minimum Gasteiger partial charge on any atom is -0.387 e. The number of rotatable bonds is 3. The van der Waals surface area contributed by atoms with E-state index in [2.05, 4.69) is 24.9 Å². The van der Waals surface area contributed by atoms with Crippen molar-refractivity contribution in [2.75, 3.05) is 6.54 Å². The average molecular weight is 218 g/mol. The standard InChI is InChI=1S/C13H18N2O/c1-8(2)9-4-3-5-10-11(12(16)6-14)7-15-13(9)10/h3-5,7-8,12,15-16H,6,14H2,1-2H3. The number of benzene rings is 1. The van der Waals surface area contributed by atoms with Gasteiger partial charge in [0.15, 0.2) is 0 Å². The van der Waals surface area contributed by atoms with Gasteiger partial charge in [-0.1, -0.05) is 32.0 Å². The number of aliphatic hydroxyl groups excluding tert-OH is 1. The minimum atomic E-state index is -0.587. The highest BCUT2D eigenvalue weighted by Crippen LogP contribution is 2.29. The van der Waals surface area contributed by atoms with Crippen LogP contribution < -0.4 is 5.73 Å². The van der Waals surface area contributed by atoms with E-state index in [1.54, 1.807) is 0 Å². The molecule has 0 fully saturated rings. The number of para-hydroxylation sites is 1. The van der Waals surface area contributed by atoms with Crippen LogP contribution in [0.4, 0.5) is 0 Å². The zero-order valence-electron chi connectivity index (χ0n) is 9.70. The highest BCUT2D eigenvalue weighted by atomic mass is 16.3. The fourth-order valence-electron chi connectivity index (χ4n) is 2.08. The summed E-state index contributed by atoms with van der Waals surface area (Å²) in [6.07, 6.45) is 1.27. The van der Waals surface area contributed by atoms with Crippen LogP contribution in [0.3, 0.4) is 0 Å². The van der Waals surface area contributed by atoms with E-state index >= 15 is 0 Å². The average Bonchev–Trinajstić information content (AvgIpc) is 2.71. The van der Waals surface area contributed by atoms with Crippen molar-refractivity contribution >= 4 is 10.9 Å². The minimum absolute atomic E-state index is 0.249. The van der Waals surface area contributed by atoms with Crippen LogP contribution in [0.25, 0.3) is 10.9 Å². The van der Waals surface area contributed by atoms with Gasteiger partial charge in [-0.2, -0.15) is 0 Å². The van der Waals surface area contributed by atoms with Crippen molar-refractivity contribution in [3.63, 3.8) is 0 Å². The van der Waals surface area contributed by atoms with Gasteiger partial charge in [0.1, 0.15) is 0 Å². The van der Waals surface area contributed by atoms with E-state index < -0.39 is 6.10 Å². The molecule has 0 spiro atoms. The maximum absolute atomic E-state index is 9.80. The molecule has 0 saturated carbocycles. The lowest BCUT2D eigenvalue weighted by Gasteiger charge is -2.09. The van der Waals surface area contributed by atoms with Gasteiger partial charge >= 0.3 is 0 Å². The number of hydrogen-bond acceptors (Lipinski definition) is 2. The molecule has 0 amide bonds. The van der Waals surface area contributed by atoms with Crippen molar-refractivity contribution in [1.29, 1.82) is 0 Å². The monoisotopic (exact) mass is 218 g/mol. The molecule has 1 aromatic carbocycles. The molecule has 0 saturated heterocycles. The first-order valence-corrected chi connectivity index (χ1v) is 5.63. The van der Waals surface area contributed by atoms with E-state index in [1.165, 1.54) is 5.56 Å². The van der Waals surface area contributed by atoms with E-state index in [4.69, 9.17) is 5.73 Å². The van der Waals surface area contributed by atoms with Crippen molar-refractivity contribution in [3.05, 3.63) is 35.5 Å². The number of nitrogens with one attached hydrogen (secondary N) is 1. The van der Waals surface area contributed by atoms with Crippen LogP contribution in [0.2, 0.25) is 0 Å². The number of H-pyrrole nitrogens is 1. The third-order valence-electron chi connectivity index (χ3n) is 2.98. The Morgan fingerprint density at radius 1 is 1.31 bits per heavy atom. The Morgan fingerprint density at radius 2 is 2.06 bits per heavy atom. The van der Waals surface area contributed by atoms with E-state index in [0.717, 1.165) is 16.5 Å². The molecule has 0 bridgehead atoms. The summed E-state index contributed by atoms with van der Waals surface area (Å²) in [4.78, 5) is 3.24. The van der Waals surface area contributed by atoms with Gasteiger partial charge in [0, 0.05) is 29.2 Å². The third kappa shape index (κ3) is 1.72. The Kier molecular flexibility index (Phi) is 2.99. The summed E-state index contributed by atoms with van der Waals surface area (Å²) >= 11 is 0. The first-order valence-electron chi connectivity index (χ1n) is 5.63. The molecule has 2 aromatic rings. The second kappa shape index (κ2) is 4.28. The van der Waals surface area contributed by atoms with Crippen molar-refractivity contribution < 1.29 is 5.11 Å². The molecular formula is C13H18N2O. The van der Waals surface area contributed by atoms with Gasteiger partial charge in [-0.15, -0.1) is 0 Å². The van der Waals surface area contributed by atoms with Crippen LogP contribution in [-0.4, -0.2) is 16.6 Å². The molecular weight excluding hydrogens is 200 g/mol. The molecule has 0 radical (unpaired) electrons. The second-order valence-corrected chi connectivity index (χ2v) is 4.42. The molecule has 1 heterocycles. The molecule has 86 valence electrons. The Hall–Kier alpha value is -1.32. The van der Waals surface area contributed by atoms with Gasteiger partial charge in [-0.25, -0.2) is 0 Å². The molecule has 3 nitrogen and oxygen atoms in total. The summed E-state index contributed by atoms with van der Waals surface area (Å²) in [5, 5.41) is 10.9. The largest absolute Gasteiger partial charge is 0.387 e. The quantitative estimate of drug-likeness (QED) is 0.740. The Labute approximate surface area is 95.3 Å². The summed E-state index contributed by atoms with van der Waals surface area (Å²) in [5.41, 5.74) is 8.76. The number of aromatic nitrogens is 1. The van der Waals surface area contributed by atoms with E-state index in [0.29, 0.717) is 5.92 Å². The lowest BCUT2D eigenvalue weighted by molar-refractivity contribution is 0.188. The van der Waals surface area contributed by atoms with Gasteiger partial charge in [-0.3, -0.25) is 0 Å². The van der Waals surface area contributed by atoms with E-state index in [9.17, 15) is 5.11 Å². The zero-order chi connectivity index (χ0) is 11.7. The topological polar surface area (TPSA) is 62.0 Å². The lowest BCUT2D eigenvalue weighted by atomic mass is 9.99. The number of aromatic amines is 1. The molecule has 3 heteroatoms. The second-order valence-electron chi connectivity index (χ2n) is 4.42.